The number of benzene rings is 1. The Morgan fingerprint density at radius 1 is 1.10 bits per heavy atom. The maximum absolute atomic E-state index is 3.90. The molecule has 21 heavy (non-hydrogen) atoms. The molecule has 0 aliphatic heterocycles. The van der Waals surface area contributed by atoms with Crippen LogP contribution in [0, 0.1) is 5.92 Å². The van der Waals surface area contributed by atoms with E-state index >= 15 is 0 Å². The first-order valence-corrected chi connectivity index (χ1v) is 9.09. The van der Waals surface area contributed by atoms with Gasteiger partial charge in [-0.2, -0.15) is 0 Å². The Morgan fingerprint density at radius 2 is 1.81 bits per heavy atom. The average Bonchev–Trinajstić information content (AvgIpc) is 2.54. The van der Waals surface area contributed by atoms with Crippen molar-refractivity contribution in [3.63, 3.8) is 0 Å². The zero-order valence-corrected chi connectivity index (χ0v) is 14.2. The summed E-state index contributed by atoms with van der Waals surface area (Å²) in [5.74, 6) is 0.880. The third kappa shape index (κ3) is 4.85. The fraction of sp³-hybridized carbons (Fsp3) is 0.700. The highest BCUT2D eigenvalue weighted by Crippen LogP contribution is 2.28. The van der Waals surface area contributed by atoms with Gasteiger partial charge < -0.3 is 5.32 Å². The zero-order chi connectivity index (χ0) is 15.1. The number of hydrogen-bond donors (Lipinski definition) is 1. The second kappa shape index (κ2) is 8.58. The maximum Gasteiger partial charge on any atom is 0.0294 e. The Morgan fingerprint density at radius 3 is 2.48 bits per heavy atom. The molecule has 2 rings (SSSR count). The minimum atomic E-state index is 0.474. The van der Waals surface area contributed by atoms with E-state index in [0.29, 0.717) is 6.04 Å². The summed E-state index contributed by atoms with van der Waals surface area (Å²) in [6.45, 7) is 6.93. The van der Waals surface area contributed by atoms with E-state index < -0.39 is 0 Å². The standard InChI is InChI=1S/C20H33N/c1-4-6-9-17-12-14-19(15-13-17)16(3)21-20-11-8-7-10-18(20)5-2/h12-16,18,20-21H,4-11H2,1-3H3. The van der Waals surface area contributed by atoms with Crippen LogP contribution in [0.3, 0.4) is 0 Å². The lowest BCUT2D eigenvalue weighted by atomic mass is 9.82. The van der Waals surface area contributed by atoms with Crippen LogP contribution < -0.4 is 5.32 Å². The van der Waals surface area contributed by atoms with Gasteiger partial charge in [0.25, 0.3) is 0 Å². The Labute approximate surface area is 131 Å². The molecular formula is C20H33N. The van der Waals surface area contributed by atoms with Gasteiger partial charge in [0.05, 0.1) is 0 Å². The first kappa shape index (κ1) is 16.5. The van der Waals surface area contributed by atoms with Crippen LogP contribution in [0.15, 0.2) is 24.3 Å². The van der Waals surface area contributed by atoms with Gasteiger partial charge in [-0.3, -0.25) is 0 Å². The first-order valence-electron chi connectivity index (χ1n) is 9.09. The van der Waals surface area contributed by atoms with Gasteiger partial charge in [-0.25, -0.2) is 0 Å². The molecule has 1 aliphatic carbocycles. The average molecular weight is 287 g/mol. The van der Waals surface area contributed by atoms with Crippen molar-refractivity contribution in [3.8, 4) is 0 Å². The minimum absolute atomic E-state index is 0.474. The van der Waals surface area contributed by atoms with Gasteiger partial charge >= 0.3 is 0 Å². The van der Waals surface area contributed by atoms with Crippen molar-refractivity contribution < 1.29 is 0 Å². The van der Waals surface area contributed by atoms with Crippen LogP contribution in [0.5, 0.6) is 0 Å². The molecule has 3 atom stereocenters. The number of rotatable bonds is 7. The third-order valence-corrected chi connectivity index (χ3v) is 5.20. The molecule has 0 heterocycles. The molecule has 1 fully saturated rings. The highest BCUT2D eigenvalue weighted by Gasteiger charge is 2.24. The quantitative estimate of drug-likeness (QED) is 0.683. The molecule has 0 bridgehead atoms. The van der Waals surface area contributed by atoms with Crippen molar-refractivity contribution in [2.75, 3.05) is 0 Å². The molecule has 1 N–H and O–H groups in total. The van der Waals surface area contributed by atoms with E-state index in [4.69, 9.17) is 0 Å². The fourth-order valence-electron chi connectivity index (χ4n) is 3.69. The monoisotopic (exact) mass is 287 g/mol. The molecule has 0 aromatic heterocycles. The molecule has 1 aromatic rings. The summed E-state index contributed by atoms with van der Waals surface area (Å²) >= 11 is 0. The molecule has 1 nitrogen and oxygen atoms in total. The molecular weight excluding hydrogens is 254 g/mol. The number of nitrogens with one attached hydrogen (secondary N) is 1. The highest BCUT2D eigenvalue weighted by atomic mass is 15.0. The van der Waals surface area contributed by atoms with Gasteiger partial charge in [-0.05, 0) is 49.7 Å². The Kier molecular flexibility index (Phi) is 6.76. The highest BCUT2D eigenvalue weighted by molar-refractivity contribution is 5.25. The summed E-state index contributed by atoms with van der Waals surface area (Å²) in [4.78, 5) is 0. The first-order chi connectivity index (χ1) is 10.2. The lowest BCUT2D eigenvalue weighted by molar-refractivity contribution is 0.240. The molecule has 0 amide bonds. The molecule has 0 radical (unpaired) electrons. The molecule has 0 spiro atoms. The van der Waals surface area contributed by atoms with Gasteiger partial charge in [0.15, 0.2) is 0 Å². The van der Waals surface area contributed by atoms with E-state index in [1.165, 1.54) is 62.5 Å². The number of aryl methyl sites for hydroxylation is 1. The molecule has 118 valence electrons. The molecule has 1 heteroatoms. The van der Waals surface area contributed by atoms with Crippen molar-refractivity contribution in [3.05, 3.63) is 35.4 Å². The van der Waals surface area contributed by atoms with Crippen LogP contribution in [0.25, 0.3) is 0 Å². The lowest BCUT2D eigenvalue weighted by Crippen LogP contribution is -2.39. The Balaban J connectivity index is 1.91. The summed E-state index contributed by atoms with van der Waals surface area (Å²) < 4.78 is 0. The summed E-state index contributed by atoms with van der Waals surface area (Å²) in [6, 6.07) is 10.5. The number of hydrogen-bond acceptors (Lipinski definition) is 1. The lowest BCUT2D eigenvalue weighted by Gasteiger charge is -2.34. The van der Waals surface area contributed by atoms with E-state index in [1.54, 1.807) is 0 Å². The van der Waals surface area contributed by atoms with Crippen LogP contribution in [0.4, 0.5) is 0 Å². The van der Waals surface area contributed by atoms with E-state index in [0.717, 1.165) is 12.0 Å². The summed E-state index contributed by atoms with van der Waals surface area (Å²) in [7, 11) is 0. The van der Waals surface area contributed by atoms with Crippen molar-refractivity contribution >= 4 is 0 Å². The largest absolute Gasteiger partial charge is 0.307 e. The van der Waals surface area contributed by atoms with Crippen LogP contribution in [-0.2, 0) is 6.42 Å². The maximum atomic E-state index is 3.90. The summed E-state index contributed by atoms with van der Waals surface area (Å²) in [6.07, 6.45) is 10.7. The van der Waals surface area contributed by atoms with Crippen molar-refractivity contribution in [2.24, 2.45) is 5.92 Å². The molecule has 1 aliphatic rings. The minimum Gasteiger partial charge on any atom is -0.307 e. The SMILES string of the molecule is CCCCc1ccc(C(C)NC2CCCCC2CC)cc1. The van der Waals surface area contributed by atoms with Crippen LogP contribution in [0.1, 0.15) is 82.9 Å². The molecule has 3 unspecified atom stereocenters. The third-order valence-electron chi connectivity index (χ3n) is 5.20. The predicted octanol–water partition coefficient (Wildman–Crippen LogP) is 5.65. The van der Waals surface area contributed by atoms with Gasteiger partial charge in [-0.15, -0.1) is 0 Å². The van der Waals surface area contributed by atoms with Crippen LogP contribution in [0.2, 0.25) is 0 Å². The fourth-order valence-corrected chi connectivity index (χ4v) is 3.69. The smallest absolute Gasteiger partial charge is 0.0294 e. The van der Waals surface area contributed by atoms with Crippen molar-refractivity contribution in [1.82, 2.24) is 5.32 Å². The summed E-state index contributed by atoms with van der Waals surface area (Å²) in [5.41, 5.74) is 2.92. The van der Waals surface area contributed by atoms with Crippen LogP contribution in [-0.4, -0.2) is 6.04 Å². The van der Waals surface area contributed by atoms with Gasteiger partial charge in [0.1, 0.15) is 0 Å². The van der Waals surface area contributed by atoms with E-state index in [1.807, 2.05) is 0 Å². The van der Waals surface area contributed by atoms with Gasteiger partial charge in [0, 0.05) is 12.1 Å². The zero-order valence-electron chi connectivity index (χ0n) is 14.2. The van der Waals surface area contributed by atoms with E-state index in [2.05, 4.69) is 50.4 Å². The molecule has 1 saturated carbocycles. The van der Waals surface area contributed by atoms with E-state index in [9.17, 15) is 0 Å². The van der Waals surface area contributed by atoms with E-state index in [-0.39, 0.29) is 0 Å². The Hall–Kier alpha value is -0.820. The molecule has 1 aromatic carbocycles. The number of unbranched alkanes of at least 4 members (excludes halogenated alkanes) is 1. The van der Waals surface area contributed by atoms with Gasteiger partial charge in [-0.1, -0.05) is 63.8 Å². The summed E-state index contributed by atoms with van der Waals surface area (Å²) in [5, 5.41) is 3.90. The second-order valence-corrected chi connectivity index (χ2v) is 6.79. The Bertz CT molecular complexity index is 395. The normalized spacial score (nSPS) is 24.0. The van der Waals surface area contributed by atoms with Gasteiger partial charge in [0.2, 0.25) is 0 Å². The second-order valence-electron chi connectivity index (χ2n) is 6.79. The molecule has 0 saturated heterocycles. The predicted molar refractivity (Wildman–Crippen MR) is 92.6 cm³/mol. The topological polar surface area (TPSA) is 12.0 Å². The van der Waals surface area contributed by atoms with Crippen molar-refractivity contribution in [2.45, 2.75) is 84.2 Å². The van der Waals surface area contributed by atoms with Crippen LogP contribution >= 0.6 is 0 Å². The van der Waals surface area contributed by atoms with Crippen molar-refractivity contribution in [1.29, 1.82) is 0 Å².